The molecule has 1 saturated heterocycles. The highest BCUT2D eigenvalue weighted by molar-refractivity contribution is 7.91. The molecule has 0 aliphatic carbocycles. The van der Waals surface area contributed by atoms with Gasteiger partial charge >= 0.3 is 10.2 Å². The van der Waals surface area contributed by atoms with E-state index < -0.39 is 21.9 Å². The van der Waals surface area contributed by atoms with Crippen molar-refractivity contribution in [1.29, 1.82) is 0 Å². The first-order valence-electron chi connectivity index (χ1n) is 10.7. The number of amides is 1. The zero-order valence-corrected chi connectivity index (χ0v) is 19.1. The Bertz CT molecular complexity index is 1530. The van der Waals surface area contributed by atoms with E-state index in [1.807, 2.05) is 49.4 Å². The molecule has 0 unspecified atom stereocenters. The molecule has 5 rings (SSSR count). The Kier molecular flexibility index (Phi) is 5.51. The summed E-state index contributed by atoms with van der Waals surface area (Å²) in [6.45, 7) is 2.40. The second-order valence-electron chi connectivity index (χ2n) is 8.00. The van der Waals surface area contributed by atoms with Crippen LogP contribution >= 0.6 is 0 Å². The summed E-state index contributed by atoms with van der Waals surface area (Å²) in [7, 11) is -3.68. The molecule has 3 aromatic carbocycles. The van der Waals surface area contributed by atoms with Gasteiger partial charge < -0.3 is 5.32 Å². The average Bonchev–Trinajstić information content (AvgIpc) is 3.18. The molecule has 1 aliphatic heterocycles. The fraction of sp³-hybridized carbons (Fsp3) is 0.120. The van der Waals surface area contributed by atoms with Gasteiger partial charge in [-0.05, 0) is 54.3 Å². The first-order valence-corrected chi connectivity index (χ1v) is 12.1. The lowest BCUT2D eigenvalue weighted by Gasteiger charge is -2.16. The van der Waals surface area contributed by atoms with Crippen molar-refractivity contribution in [2.45, 2.75) is 6.92 Å². The minimum atomic E-state index is -3.68. The number of carbonyl (C=O) groups excluding carboxylic acids is 1. The van der Waals surface area contributed by atoms with Crippen LogP contribution in [-0.4, -0.2) is 32.4 Å². The van der Waals surface area contributed by atoms with E-state index in [9.17, 15) is 17.6 Å². The van der Waals surface area contributed by atoms with Crippen molar-refractivity contribution in [1.82, 2.24) is 9.71 Å². The zero-order chi connectivity index (χ0) is 23.9. The van der Waals surface area contributed by atoms with Gasteiger partial charge in [0.05, 0.1) is 16.9 Å². The summed E-state index contributed by atoms with van der Waals surface area (Å²) < 4.78 is 42.2. The molecule has 9 heteroatoms. The van der Waals surface area contributed by atoms with E-state index in [0.29, 0.717) is 5.69 Å². The van der Waals surface area contributed by atoms with Gasteiger partial charge in [-0.3, -0.25) is 14.1 Å². The molecule has 172 valence electrons. The number of nitrogens with zero attached hydrogens (tertiary/aromatic N) is 2. The molecule has 34 heavy (non-hydrogen) atoms. The van der Waals surface area contributed by atoms with Crippen LogP contribution in [0.15, 0.2) is 72.9 Å². The predicted octanol–water partition coefficient (Wildman–Crippen LogP) is 4.26. The van der Waals surface area contributed by atoms with Crippen LogP contribution in [0.25, 0.3) is 22.0 Å². The number of fused-ring (bicyclic) bond motifs is 1. The molecule has 0 saturated carbocycles. The Hall–Kier alpha value is -3.82. The number of hydrogen-bond acceptors (Lipinski definition) is 4. The molecular weight excluding hydrogens is 455 g/mol. The van der Waals surface area contributed by atoms with E-state index >= 15 is 0 Å². The van der Waals surface area contributed by atoms with Gasteiger partial charge in [0.25, 0.3) is 5.91 Å². The molecule has 1 aliphatic rings. The standard InChI is InChI=1S/C25H21FN4O3S/c1-16-6-7-18(14-22(16)24-20-5-3-2-4-17(20)10-11-27-24)29-25(31)21-9-8-19(15-23(21)26)30-13-12-28-34(30,32)33/h2-11,14-15,28H,12-13H2,1H3,(H,29,31). The number of aryl methyl sites for hydroxylation is 1. The fourth-order valence-corrected chi connectivity index (χ4v) is 5.30. The van der Waals surface area contributed by atoms with Crippen LogP contribution in [0.2, 0.25) is 0 Å². The van der Waals surface area contributed by atoms with Crippen LogP contribution < -0.4 is 14.3 Å². The third kappa shape index (κ3) is 4.00. The van der Waals surface area contributed by atoms with E-state index in [0.717, 1.165) is 38.0 Å². The minimum absolute atomic E-state index is 0.165. The minimum Gasteiger partial charge on any atom is -0.322 e. The number of pyridine rings is 1. The van der Waals surface area contributed by atoms with Crippen LogP contribution in [0.1, 0.15) is 15.9 Å². The number of aromatic nitrogens is 1. The maximum Gasteiger partial charge on any atom is 0.301 e. The van der Waals surface area contributed by atoms with Gasteiger partial charge in [-0.2, -0.15) is 13.1 Å². The first-order chi connectivity index (χ1) is 16.3. The maximum absolute atomic E-state index is 14.8. The van der Waals surface area contributed by atoms with Gasteiger partial charge in [0, 0.05) is 35.9 Å². The van der Waals surface area contributed by atoms with Crippen molar-refractivity contribution in [3.05, 3.63) is 89.9 Å². The number of hydrogen-bond donors (Lipinski definition) is 2. The van der Waals surface area contributed by atoms with Gasteiger partial charge in [0.2, 0.25) is 0 Å². The monoisotopic (exact) mass is 476 g/mol. The smallest absolute Gasteiger partial charge is 0.301 e. The second-order valence-corrected chi connectivity index (χ2v) is 9.68. The van der Waals surface area contributed by atoms with E-state index in [1.54, 1.807) is 12.3 Å². The highest BCUT2D eigenvalue weighted by Gasteiger charge is 2.28. The van der Waals surface area contributed by atoms with Crippen molar-refractivity contribution in [2.75, 3.05) is 22.7 Å². The fourth-order valence-electron chi connectivity index (χ4n) is 4.07. The molecule has 2 N–H and O–H groups in total. The van der Waals surface area contributed by atoms with Crippen LogP contribution in [0.4, 0.5) is 15.8 Å². The Morgan fingerprint density at radius 3 is 2.68 bits per heavy atom. The zero-order valence-electron chi connectivity index (χ0n) is 18.2. The molecule has 0 bridgehead atoms. The van der Waals surface area contributed by atoms with Gasteiger partial charge in [0.15, 0.2) is 0 Å². The molecule has 4 aromatic rings. The Labute approximate surface area is 196 Å². The van der Waals surface area contributed by atoms with Crippen LogP contribution in [0.3, 0.4) is 0 Å². The van der Waals surface area contributed by atoms with Crippen LogP contribution in [-0.2, 0) is 10.2 Å². The van der Waals surface area contributed by atoms with Crippen molar-refractivity contribution in [3.8, 4) is 11.3 Å². The van der Waals surface area contributed by atoms with Crippen LogP contribution in [0, 0.1) is 12.7 Å². The number of carbonyl (C=O) groups is 1. The lowest BCUT2D eigenvalue weighted by atomic mass is 9.99. The van der Waals surface area contributed by atoms with Gasteiger partial charge in [0.1, 0.15) is 5.82 Å². The van der Waals surface area contributed by atoms with Crippen LogP contribution in [0.5, 0.6) is 0 Å². The average molecular weight is 477 g/mol. The number of nitrogens with one attached hydrogen (secondary N) is 2. The molecule has 1 amide bonds. The predicted molar refractivity (Wildman–Crippen MR) is 131 cm³/mol. The quantitative estimate of drug-likeness (QED) is 0.461. The summed E-state index contributed by atoms with van der Waals surface area (Å²) in [6, 6.07) is 19.1. The molecule has 0 radical (unpaired) electrons. The van der Waals surface area contributed by atoms with Gasteiger partial charge in [-0.25, -0.2) is 4.39 Å². The number of benzene rings is 3. The summed E-state index contributed by atoms with van der Waals surface area (Å²) in [6.07, 6.45) is 1.75. The third-order valence-electron chi connectivity index (χ3n) is 5.80. The van der Waals surface area contributed by atoms with Crippen molar-refractivity contribution in [2.24, 2.45) is 0 Å². The Balaban J connectivity index is 1.44. The number of rotatable bonds is 4. The summed E-state index contributed by atoms with van der Waals surface area (Å²) in [5.74, 6) is -1.44. The Morgan fingerprint density at radius 2 is 1.91 bits per heavy atom. The molecule has 7 nitrogen and oxygen atoms in total. The van der Waals surface area contributed by atoms with Gasteiger partial charge in [-0.15, -0.1) is 0 Å². The molecule has 0 spiro atoms. The molecule has 2 heterocycles. The summed E-state index contributed by atoms with van der Waals surface area (Å²) >= 11 is 0. The summed E-state index contributed by atoms with van der Waals surface area (Å²) in [5, 5.41) is 4.78. The van der Waals surface area contributed by atoms with E-state index in [4.69, 9.17) is 0 Å². The highest BCUT2D eigenvalue weighted by Crippen LogP contribution is 2.31. The normalized spacial score (nSPS) is 14.9. The van der Waals surface area contributed by atoms with Crippen molar-refractivity contribution < 1.29 is 17.6 Å². The lowest BCUT2D eigenvalue weighted by molar-refractivity contribution is 0.102. The molecule has 1 fully saturated rings. The molecular formula is C25H21FN4O3S. The maximum atomic E-state index is 14.8. The van der Waals surface area contributed by atoms with Crippen molar-refractivity contribution in [3.63, 3.8) is 0 Å². The molecule has 0 atom stereocenters. The third-order valence-corrected chi connectivity index (χ3v) is 7.34. The van der Waals surface area contributed by atoms with Gasteiger partial charge in [-0.1, -0.05) is 30.3 Å². The van der Waals surface area contributed by atoms with E-state index in [-0.39, 0.29) is 24.3 Å². The summed E-state index contributed by atoms with van der Waals surface area (Å²) in [5.41, 5.74) is 3.12. The molecule has 1 aromatic heterocycles. The lowest BCUT2D eigenvalue weighted by Crippen LogP contribution is -2.29. The summed E-state index contributed by atoms with van der Waals surface area (Å²) in [4.78, 5) is 17.4. The Morgan fingerprint density at radius 1 is 1.09 bits per heavy atom. The number of anilines is 2. The highest BCUT2D eigenvalue weighted by atomic mass is 32.2. The largest absolute Gasteiger partial charge is 0.322 e. The SMILES string of the molecule is Cc1ccc(NC(=O)c2ccc(N3CCNS3(=O)=O)cc2F)cc1-c1nccc2ccccc12. The second kappa shape index (κ2) is 8.51. The first kappa shape index (κ1) is 22.0. The van der Waals surface area contributed by atoms with Crippen molar-refractivity contribution >= 4 is 38.3 Å². The number of halogens is 1. The van der Waals surface area contributed by atoms with E-state index in [2.05, 4.69) is 15.0 Å². The van der Waals surface area contributed by atoms with E-state index in [1.165, 1.54) is 12.1 Å². The topological polar surface area (TPSA) is 91.4 Å².